The molecule has 31 heavy (non-hydrogen) atoms. The Morgan fingerprint density at radius 2 is 1.81 bits per heavy atom. The molecule has 1 amide bonds. The van der Waals surface area contributed by atoms with Crippen LogP contribution in [-0.2, 0) is 10.0 Å². The fraction of sp³-hybridized carbons (Fsp3) is 0.381. The lowest BCUT2D eigenvalue weighted by Gasteiger charge is -2.21. The van der Waals surface area contributed by atoms with Crippen LogP contribution in [0.3, 0.4) is 0 Å². The van der Waals surface area contributed by atoms with Crippen molar-refractivity contribution in [1.82, 2.24) is 9.80 Å². The van der Waals surface area contributed by atoms with Crippen LogP contribution < -0.4 is 4.72 Å². The third-order valence-corrected chi connectivity index (χ3v) is 6.75. The van der Waals surface area contributed by atoms with Gasteiger partial charge in [-0.05, 0) is 63.2 Å². The van der Waals surface area contributed by atoms with Crippen molar-refractivity contribution in [3.05, 3.63) is 63.7 Å². The number of benzene rings is 2. The van der Waals surface area contributed by atoms with E-state index in [4.69, 9.17) is 0 Å². The third kappa shape index (κ3) is 5.59. The Kier molecular flexibility index (Phi) is 6.91. The van der Waals surface area contributed by atoms with Crippen molar-refractivity contribution in [1.29, 1.82) is 0 Å². The number of hydrogen-bond donors (Lipinski definition) is 1. The number of aryl methyl sites for hydroxylation is 1. The number of nitrogens with one attached hydrogen (secondary N) is 1. The zero-order chi connectivity index (χ0) is 22.6. The number of amides is 1. The SMILES string of the molecule is Cc1ccc(S(=O)(=O)Nc2ccc(C(=O)N(C)CCN3CCCC3)cc2)cc1[N+](=O)[O-]. The van der Waals surface area contributed by atoms with E-state index in [9.17, 15) is 23.3 Å². The monoisotopic (exact) mass is 446 g/mol. The summed E-state index contributed by atoms with van der Waals surface area (Å²) in [4.78, 5) is 26.9. The van der Waals surface area contributed by atoms with Crippen LogP contribution in [0.1, 0.15) is 28.8 Å². The molecule has 2 aromatic rings. The minimum absolute atomic E-state index is 0.136. The summed E-state index contributed by atoms with van der Waals surface area (Å²) < 4.78 is 27.6. The summed E-state index contributed by atoms with van der Waals surface area (Å²) in [6.07, 6.45) is 2.40. The molecule has 0 bridgehead atoms. The number of likely N-dealkylation sites (tertiary alicyclic amines) is 1. The summed E-state index contributed by atoms with van der Waals surface area (Å²) in [7, 11) is -2.26. The second kappa shape index (κ2) is 9.44. The van der Waals surface area contributed by atoms with Gasteiger partial charge in [-0.1, -0.05) is 6.07 Å². The Morgan fingerprint density at radius 3 is 2.42 bits per heavy atom. The van der Waals surface area contributed by atoms with Gasteiger partial charge < -0.3 is 9.80 Å². The van der Waals surface area contributed by atoms with E-state index in [0.29, 0.717) is 17.7 Å². The second-order valence-electron chi connectivity index (χ2n) is 7.66. The number of carbonyl (C=O) groups is 1. The van der Waals surface area contributed by atoms with Crippen LogP contribution in [0.5, 0.6) is 0 Å². The highest BCUT2D eigenvalue weighted by Gasteiger charge is 2.20. The molecule has 0 radical (unpaired) electrons. The fourth-order valence-electron chi connectivity index (χ4n) is 3.47. The number of sulfonamides is 1. The summed E-state index contributed by atoms with van der Waals surface area (Å²) in [5, 5.41) is 11.1. The van der Waals surface area contributed by atoms with Gasteiger partial charge in [0.25, 0.3) is 21.6 Å². The van der Waals surface area contributed by atoms with Crippen LogP contribution in [-0.4, -0.2) is 62.3 Å². The van der Waals surface area contributed by atoms with Crippen LogP contribution in [0, 0.1) is 17.0 Å². The van der Waals surface area contributed by atoms with E-state index in [1.807, 2.05) is 0 Å². The summed E-state index contributed by atoms with van der Waals surface area (Å²) >= 11 is 0. The number of hydrogen-bond acceptors (Lipinski definition) is 6. The molecule has 0 spiro atoms. The van der Waals surface area contributed by atoms with Crippen molar-refractivity contribution in [2.24, 2.45) is 0 Å². The molecule has 1 aliphatic rings. The first-order chi connectivity index (χ1) is 14.7. The fourth-order valence-corrected chi connectivity index (χ4v) is 4.55. The van der Waals surface area contributed by atoms with Crippen LogP contribution in [0.15, 0.2) is 47.4 Å². The minimum Gasteiger partial charge on any atom is -0.340 e. The van der Waals surface area contributed by atoms with E-state index in [1.54, 1.807) is 31.0 Å². The van der Waals surface area contributed by atoms with Crippen molar-refractivity contribution < 1.29 is 18.1 Å². The second-order valence-corrected chi connectivity index (χ2v) is 9.35. The van der Waals surface area contributed by atoms with Gasteiger partial charge in [-0.25, -0.2) is 8.42 Å². The van der Waals surface area contributed by atoms with Gasteiger partial charge in [0.1, 0.15) is 0 Å². The largest absolute Gasteiger partial charge is 0.340 e. The van der Waals surface area contributed by atoms with Crippen molar-refractivity contribution in [2.45, 2.75) is 24.7 Å². The molecule has 0 atom stereocenters. The Morgan fingerprint density at radius 1 is 1.16 bits per heavy atom. The minimum atomic E-state index is -4.01. The molecule has 10 heteroatoms. The van der Waals surface area contributed by atoms with Crippen LogP contribution >= 0.6 is 0 Å². The lowest BCUT2D eigenvalue weighted by Crippen LogP contribution is -2.35. The predicted molar refractivity (Wildman–Crippen MR) is 118 cm³/mol. The highest BCUT2D eigenvalue weighted by atomic mass is 32.2. The molecule has 0 aromatic heterocycles. The number of anilines is 1. The molecular formula is C21H26N4O5S. The summed E-state index contributed by atoms with van der Waals surface area (Å²) in [6, 6.07) is 9.87. The van der Waals surface area contributed by atoms with E-state index in [2.05, 4.69) is 9.62 Å². The standard InChI is InChI=1S/C21H26N4O5S/c1-16-5-10-19(15-20(16)25(27)28)31(29,30)22-18-8-6-17(7-9-18)21(26)23(2)13-14-24-11-3-4-12-24/h5-10,15,22H,3-4,11-14H2,1-2H3. The normalized spacial score (nSPS) is 14.4. The van der Waals surface area contributed by atoms with E-state index in [-0.39, 0.29) is 22.2 Å². The van der Waals surface area contributed by atoms with Crippen molar-refractivity contribution in [3.8, 4) is 0 Å². The number of nitro benzene ring substituents is 1. The number of nitro groups is 1. The van der Waals surface area contributed by atoms with E-state index >= 15 is 0 Å². The van der Waals surface area contributed by atoms with E-state index in [0.717, 1.165) is 25.7 Å². The number of carbonyl (C=O) groups excluding carboxylic acids is 1. The Balaban J connectivity index is 1.66. The van der Waals surface area contributed by atoms with Crippen molar-refractivity contribution in [2.75, 3.05) is 37.9 Å². The highest BCUT2D eigenvalue weighted by molar-refractivity contribution is 7.92. The molecule has 1 saturated heterocycles. The zero-order valence-electron chi connectivity index (χ0n) is 17.6. The topological polar surface area (TPSA) is 113 Å². The Labute approximate surface area is 181 Å². The van der Waals surface area contributed by atoms with Gasteiger partial charge in [0.2, 0.25) is 0 Å². The van der Waals surface area contributed by atoms with Crippen molar-refractivity contribution in [3.63, 3.8) is 0 Å². The van der Waals surface area contributed by atoms with Gasteiger partial charge in [0.05, 0.1) is 9.82 Å². The predicted octanol–water partition coefficient (Wildman–Crippen LogP) is 2.87. The van der Waals surface area contributed by atoms with E-state index in [1.165, 1.54) is 37.1 Å². The maximum absolute atomic E-state index is 12.6. The number of rotatable bonds is 8. The maximum Gasteiger partial charge on any atom is 0.273 e. The number of likely N-dealkylation sites (N-methyl/N-ethyl adjacent to an activating group) is 1. The molecule has 9 nitrogen and oxygen atoms in total. The quantitative estimate of drug-likeness (QED) is 0.493. The van der Waals surface area contributed by atoms with Crippen LogP contribution in [0.4, 0.5) is 11.4 Å². The molecular weight excluding hydrogens is 420 g/mol. The first-order valence-corrected chi connectivity index (χ1v) is 11.5. The van der Waals surface area contributed by atoms with Crippen LogP contribution in [0.2, 0.25) is 0 Å². The molecule has 0 unspecified atom stereocenters. The lowest BCUT2D eigenvalue weighted by molar-refractivity contribution is -0.385. The molecule has 1 N–H and O–H groups in total. The Hall–Kier alpha value is -2.98. The van der Waals surface area contributed by atoms with Gasteiger partial charge in [-0.3, -0.25) is 19.6 Å². The average molecular weight is 447 g/mol. The first kappa shape index (κ1) is 22.7. The van der Waals surface area contributed by atoms with Gasteiger partial charge in [0.15, 0.2) is 0 Å². The first-order valence-electron chi connectivity index (χ1n) is 10.0. The van der Waals surface area contributed by atoms with E-state index < -0.39 is 14.9 Å². The summed E-state index contributed by atoms with van der Waals surface area (Å²) in [6.45, 7) is 5.14. The molecule has 2 aromatic carbocycles. The molecule has 166 valence electrons. The zero-order valence-corrected chi connectivity index (χ0v) is 18.4. The summed E-state index contributed by atoms with van der Waals surface area (Å²) in [5.41, 5.74) is 0.832. The summed E-state index contributed by atoms with van der Waals surface area (Å²) in [5.74, 6) is -0.136. The van der Waals surface area contributed by atoms with Gasteiger partial charge in [-0.15, -0.1) is 0 Å². The van der Waals surface area contributed by atoms with Gasteiger partial charge >= 0.3 is 0 Å². The van der Waals surface area contributed by atoms with Gasteiger partial charge in [0, 0.05) is 43.0 Å². The number of nitrogens with zero attached hydrogens (tertiary/aromatic N) is 3. The van der Waals surface area contributed by atoms with Crippen molar-refractivity contribution >= 4 is 27.3 Å². The Bertz CT molecular complexity index is 1060. The smallest absolute Gasteiger partial charge is 0.273 e. The molecule has 3 rings (SSSR count). The lowest BCUT2D eigenvalue weighted by atomic mass is 10.2. The third-order valence-electron chi connectivity index (χ3n) is 5.37. The molecule has 1 heterocycles. The van der Waals surface area contributed by atoms with Gasteiger partial charge in [-0.2, -0.15) is 0 Å². The molecule has 0 saturated carbocycles. The average Bonchev–Trinajstić information content (AvgIpc) is 3.25. The molecule has 1 fully saturated rings. The van der Waals surface area contributed by atoms with Crippen LogP contribution in [0.25, 0.3) is 0 Å². The highest BCUT2D eigenvalue weighted by Crippen LogP contribution is 2.24. The molecule has 1 aliphatic heterocycles. The maximum atomic E-state index is 12.6. The molecule has 0 aliphatic carbocycles.